The number of nitrogens with zero attached hydrogens (tertiary/aromatic N) is 3. The monoisotopic (exact) mass is 427 g/mol. The van der Waals surface area contributed by atoms with Gasteiger partial charge in [-0.05, 0) is 45.3 Å². The highest BCUT2D eigenvalue weighted by atomic mass is 19.1. The van der Waals surface area contributed by atoms with Crippen molar-refractivity contribution in [3.8, 4) is 11.5 Å². The summed E-state index contributed by atoms with van der Waals surface area (Å²) in [5.74, 6) is -0.115. The molecule has 1 unspecified atom stereocenters. The molecule has 0 radical (unpaired) electrons. The molecule has 0 aliphatic rings. The normalized spacial score (nSPS) is 12.8. The first kappa shape index (κ1) is 22.4. The van der Waals surface area contributed by atoms with Gasteiger partial charge in [-0.3, -0.25) is 4.99 Å². The third-order valence-electron chi connectivity index (χ3n) is 4.93. The van der Waals surface area contributed by atoms with E-state index in [1.54, 1.807) is 32.3 Å². The molecule has 0 spiro atoms. The number of aryl methyl sites for hydroxylation is 1. The highest BCUT2D eigenvalue weighted by Crippen LogP contribution is 2.24. The number of guanidine groups is 1. The molecule has 2 N–H and O–H groups in total. The third kappa shape index (κ3) is 5.67. The fourth-order valence-corrected chi connectivity index (χ4v) is 3.18. The molecule has 6 nitrogen and oxygen atoms in total. The maximum Gasteiger partial charge on any atom is 0.226 e. The fraction of sp³-hybridized carbons (Fsp3) is 0.304. The lowest BCUT2D eigenvalue weighted by atomic mass is 10.0. The van der Waals surface area contributed by atoms with Crippen molar-refractivity contribution in [3.63, 3.8) is 0 Å². The summed E-state index contributed by atoms with van der Waals surface area (Å²) in [6.45, 7) is 2.67. The van der Waals surface area contributed by atoms with Gasteiger partial charge < -0.3 is 20.0 Å². The minimum absolute atomic E-state index is 0.0229. The van der Waals surface area contributed by atoms with Gasteiger partial charge in [-0.25, -0.2) is 13.8 Å². The Morgan fingerprint density at radius 2 is 1.77 bits per heavy atom. The Labute approximate surface area is 181 Å². The predicted octanol–water partition coefficient (Wildman–Crippen LogP) is 3.90. The minimum Gasteiger partial charge on any atom is -0.444 e. The van der Waals surface area contributed by atoms with Gasteiger partial charge in [0.1, 0.15) is 17.9 Å². The largest absolute Gasteiger partial charge is 0.444 e. The zero-order chi connectivity index (χ0) is 22.4. The van der Waals surface area contributed by atoms with E-state index in [1.807, 2.05) is 31.2 Å². The Kier molecular flexibility index (Phi) is 7.36. The average Bonchev–Trinajstić information content (AvgIpc) is 3.21. The summed E-state index contributed by atoms with van der Waals surface area (Å²) >= 11 is 0. The Balaban J connectivity index is 1.61. The van der Waals surface area contributed by atoms with Gasteiger partial charge in [0, 0.05) is 24.7 Å². The van der Waals surface area contributed by atoms with Gasteiger partial charge in [-0.2, -0.15) is 0 Å². The SMILES string of the molecule is CN=C(NCc1coc(-c2ccc(C)cc2)n1)NCC(c1c(F)cccc1F)N(C)C. The number of rotatable bonds is 7. The van der Waals surface area contributed by atoms with E-state index in [4.69, 9.17) is 4.42 Å². The number of oxazole rings is 1. The molecule has 0 saturated carbocycles. The van der Waals surface area contributed by atoms with Crippen LogP contribution in [0, 0.1) is 18.6 Å². The molecule has 0 amide bonds. The number of halogens is 2. The smallest absolute Gasteiger partial charge is 0.226 e. The number of likely N-dealkylation sites (N-methyl/N-ethyl adjacent to an activating group) is 1. The van der Waals surface area contributed by atoms with Crippen LogP contribution in [0.3, 0.4) is 0 Å². The number of aromatic nitrogens is 1. The van der Waals surface area contributed by atoms with E-state index in [0.717, 1.165) is 5.56 Å². The van der Waals surface area contributed by atoms with Crippen molar-refractivity contribution in [2.24, 2.45) is 4.99 Å². The zero-order valence-corrected chi connectivity index (χ0v) is 18.1. The molecule has 1 aromatic heterocycles. The second-order valence-electron chi connectivity index (χ2n) is 7.43. The maximum absolute atomic E-state index is 14.2. The van der Waals surface area contributed by atoms with E-state index >= 15 is 0 Å². The molecule has 0 saturated heterocycles. The molecule has 2 aromatic carbocycles. The average molecular weight is 427 g/mol. The summed E-state index contributed by atoms with van der Waals surface area (Å²) in [6.07, 6.45) is 1.59. The summed E-state index contributed by atoms with van der Waals surface area (Å²) in [7, 11) is 5.18. The molecule has 0 aliphatic carbocycles. The van der Waals surface area contributed by atoms with Crippen molar-refractivity contribution < 1.29 is 13.2 Å². The summed E-state index contributed by atoms with van der Waals surface area (Å²) in [6, 6.07) is 11.3. The van der Waals surface area contributed by atoms with Crippen LogP contribution in [-0.4, -0.2) is 43.5 Å². The molecular formula is C23H27F2N5O. The fourth-order valence-electron chi connectivity index (χ4n) is 3.18. The molecule has 0 aliphatic heterocycles. The van der Waals surface area contributed by atoms with Gasteiger partial charge in [0.15, 0.2) is 5.96 Å². The van der Waals surface area contributed by atoms with Crippen LogP contribution in [0.1, 0.15) is 22.9 Å². The van der Waals surface area contributed by atoms with E-state index in [0.29, 0.717) is 24.1 Å². The van der Waals surface area contributed by atoms with Crippen molar-refractivity contribution in [3.05, 3.63) is 77.2 Å². The Hall–Kier alpha value is -3.26. The lowest BCUT2D eigenvalue weighted by Gasteiger charge is -2.26. The van der Waals surface area contributed by atoms with Crippen molar-refractivity contribution >= 4 is 5.96 Å². The highest BCUT2D eigenvalue weighted by molar-refractivity contribution is 5.79. The lowest BCUT2D eigenvalue weighted by molar-refractivity contribution is 0.282. The number of benzene rings is 2. The van der Waals surface area contributed by atoms with Crippen LogP contribution < -0.4 is 10.6 Å². The van der Waals surface area contributed by atoms with Crippen LogP contribution in [-0.2, 0) is 6.54 Å². The molecule has 3 aromatic rings. The highest BCUT2D eigenvalue weighted by Gasteiger charge is 2.22. The molecule has 0 bridgehead atoms. The van der Waals surface area contributed by atoms with Gasteiger partial charge >= 0.3 is 0 Å². The van der Waals surface area contributed by atoms with Gasteiger partial charge in [0.2, 0.25) is 5.89 Å². The minimum atomic E-state index is -0.574. The second-order valence-corrected chi connectivity index (χ2v) is 7.43. The van der Waals surface area contributed by atoms with E-state index in [9.17, 15) is 8.78 Å². The number of aliphatic imine (C=N–C) groups is 1. The van der Waals surface area contributed by atoms with E-state index in [2.05, 4.69) is 20.6 Å². The Morgan fingerprint density at radius 1 is 1.10 bits per heavy atom. The van der Waals surface area contributed by atoms with Gasteiger partial charge in [0.25, 0.3) is 0 Å². The molecule has 3 rings (SSSR count). The van der Waals surface area contributed by atoms with Crippen LogP contribution in [0.15, 0.2) is 58.1 Å². The molecule has 1 atom stereocenters. The molecule has 1 heterocycles. The van der Waals surface area contributed by atoms with E-state index in [-0.39, 0.29) is 12.1 Å². The predicted molar refractivity (Wildman–Crippen MR) is 118 cm³/mol. The van der Waals surface area contributed by atoms with Gasteiger partial charge in [-0.15, -0.1) is 0 Å². The summed E-state index contributed by atoms with van der Waals surface area (Å²) in [4.78, 5) is 10.4. The van der Waals surface area contributed by atoms with Crippen molar-refractivity contribution in [1.29, 1.82) is 0 Å². The summed E-state index contributed by atoms with van der Waals surface area (Å²) < 4.78 is 34.1. The van der Waals surface area contributed by atoms with Crippen molar-refractivity contribution in [1.82, 2.24) is 20.5 Å². The molecule has 31 heavy (non-hydrogen) atoms. The standard InChI is InChI=1S/C23H27F2N5O/c1-15-8-10-16(11-9-15)22-29-17(14-31-22)12-27-23(26-2)28-13-20(30(3)4)21-18(24)6-5-7-19(21)25/h5-11,14,20H,12-13H2,1-4H3,(H2,26,27,28). The molecule has 0 fully saturated rings. The topological polar surface area (TPSA) is 65.7 Å². The maximum atomic E-state index is 14.2. The Bertz CT molecular complexity index is 1010. The first-order valence-electron chi connectivity index (χ1n) is 9.95. The van der Waals surface area contributed by atoms with Gasteiger partial charge in [-0.1, -0.05) is 23.8 Å². The summed E-state index contributed by atoms with van der Waals surface area (Å²) in [5, 5.41) is 6.27. The first-order chi connectivity index (χ1) is 14.9. The zero-order valence-electron chi connectivity index (χ0n) is 18.1. The van der Waals surface area contributed by atoms with Crippen LogP contribution in [0.4, 0.5) is 8.78 Å². The van der Waals surface area contributed by atoms with Gasteiger partial charge in [0.05, 0.1) is 18.3 Å². The molecule has 8 heteroatoms. The third-order valence-corrected chi connectivity index (χ3v) is 4.93. The number of hydrogen-bond donors (Lipinski definition) is 2. The van der Waals surface area contributed by atoms with Crippen LogP contribution >= 0.6 is 0 Å². The van der Waals surface area contributed by atoms with Crippen LogP contribution in [0.25, 0.3) is 11.5 Å². The molecular weight excluding hydrogens is 400 g/mol. The van der Waals surface area contributed by atoms with Crippen LogP contribution in [0.2, 0.25) is 0 Å². The van der Waals surface area contributed by atoms with Crippen LogP contribution in [0.5, 0.6) is 0 Å². The van der Waals surface area contributed by atoms with E-state index < -0.39 is 17.7 Å². The quantitative estimate of drug-likeness (QED) is 0.442. The molecule has 164 valence electrons. The Morgan fingerprint density at radius 3 is 2.39 bits per heavy atom. The number of hydrogen-bond acceptors (Lipinski definition) is 4. The second kappa shape index (κ2) is 10.2. The summed E-state index contributed by atoms with van der Waals surface area (Å²) in [5.41, 5.74) is 2.80. The lowest BCUT2D eigenvalue weighted by Crippen LogP contribution is -2.41. The first-order valence-corrected chi connectivity index (χ1v) is 9.95. The number of nitrogens with one attached hydrogen (secondary N) is 2. The van der Waals surface area contributed by atoms with E-state index in [1.165, 1.54) is 23.8 Å². The van der Waals surface area contributed by atoms with Crippen molar-refractivity contribution in [2.45, 2.75) is 19.5 Å². The van der Waals surface area contributed by atoms with Crippen molar-refractivity contribution in [2.75, 3.05) is 27.7 Å².